The number of fused-ring (bicyclic) bond motifs is 1. The largest absolute Gasteiger partial charge is 0.474 e. The fourth-order valence-electron chi connectivity index (χ4n) is 9.46. The van der Waals surface area contributed by atoms with Crippen LogP contribution in [0.4, 0.5) is 22.7 Å². The molecule has 3 aromatic rings. The molecule has 6 heterocycles. The number of aryl methyl sites for hydroxylation is 2. The molecular weight excluding hydrogens is 855 g/mol. The molecule has 3 amide bonds. The zero-order valence-electron chi connectivity index (χ0n) is 41.9. The number of ether oxygens (including phenoxy) is 1. The molecule has 3 N–H and O–H groups in total. The average molecular weight is 930 g/mol. The van der Waals surface area contributed by atoms with E-state index in [9.17, 15) is 19.2 Å². The number of imide groups is 1. The number of allylic oxidation sites excluding steroid dienone is 2. The second-order valence-electron chi connectivity index (χ2n) is 18.3. The van der Waals surface area contributed by atoms with Crippen LogP contribution in [0.25, 0.3) is 0 Å². The Bertz CT molecular complexity index is 2320. The van der Waals surface area contributed by atoms with E-state index < -0.39 is 0 Å². The van der Waals surface area contributed by atoms with Gasteiger partial charge >= 0.3 is 0 Å². The van der Waals surface area contributed by atoms with Crippen LogP contribution >= 0.6 is 0 Å². The van der Waals surface area contributed by atoms with E-state index in [1.807, 2.05) is 37.1 Å². The summed E-state index contributed by atoms with van der Waals surface area (Å²) in [6.07, 6.45) is 12.2. The molecular formula is C54H75N9O5. The van der Waals surface area contributed by atoms with Gasteiger partial charge in [0.1, 0.15) is 23.9 Å². The second-order valence-corrected chi connectivity index (χ2v) is 18.3. The molecule has 1 atom stereocenters. The minimum Gasteiger partial charge on any atom is -0.474 e. The van der Waals surface area contributed by atoms with E-state index in [1.165, 1.54) is 36.2 Å². The van der Waals surface area contributed by atoms with Crippen molar-refractivity contribution in [1.29, 1.82) is 0 Å². The molecule has 14 heteroatoms. The number of hydrogen-bond donors (Lipinski definition) is 3. The zero-order chi connectivity index (χ0) is 48.7. The van der Waals surface area contributed by atoms with Crippen LogP contribution in [-0.4, -0.2) is 116 Å². The number of Topliss-reactive ketones (excluding diaryl/α,β-unsaturated/α-hetero) is 1. The number of aromatic nitrogens is 1. The Labute approximate surface area is 404 Å². The van der Waals surface area contributed by atoms with Crippen LogP contribution in [0.2, 0.25) is 0 Å². The maximum absolute atomic E-state index is 13.4. The van der Waals surface area contributed by atoms with Gasteiger partial charge in [0.25, 0.3) is 0 Å². The first-order valence-electron chi connectivity index (χ1n) is 25.0. The summed E-state index contributed by atoms with van der Waals surface area (Å²) in [4.78, 5) is 65.7. The summed E-state index contributed by atoms with van der Waals surface area (Å²) in [7, 11) is 0. The second kappa shape index (κ2) is 24.8. The van der Waals surface area contributed by atoms with Gasteiger partial charge in [0.05, 0.1) is 30.6 Å². The van der Waals surface area contributed by atoms with Gasteiger partial charge in [-0.3, -0.25) is 24.6 Å². The highest BCUT2D eigenvalue weighted by Gasteiger charge is 2.35. The first-order valence-corrected chi connectivity index (χ1v) is 25.0. The number of rotatable bonds is 13. The minimum absolute atomic E-state index is 0.0491. The summed E-state index contributed by atoms with van der Waals surface area (Å²) in [5, 5.41) is 9.50. The molecule has 4 fully saturated rings. The molecule has 0 spiro atoms. The number of pyridine rings is 1. The molecule has 366 valence electrons. The maximum atomic E-state index is 13.4. The van der Waals surface area contributed by atoms with Crippen molar-refractivity contribution >= 4 is 52.0 Å². The first kappa shape index (κ1) is 51.4. The first-order chi connectivity index (χ1) is 32.9. The highest BCUT2D eigenvalue weighted by Crippen LogP contribution is 2.36. The van der Waals surface area contributed by atoms with Gasteiger partial charge < -0.3 is 34.9 Å². The van der Waals surface area contributed by atoms with E-state index in [4.69, 9.17) is 9.73 Å². The molecule has 8 rings (SSSR count). The molecule has 68 heavy (non-hydrogen) atoms. The summed E-state index contributed by atoms with van der Waals surface area (Å²) < 4.78 is 5.77. The van der Waals surface area contributed by atoms with Gasteiger partial charge in [-0.05, 0) is 126 Å². The van der Waals surface area contributed by atoms with E-state index in [0.717, 1.165) is 124 Å². The van der Waals surface area contributed by atoms with Crippen LogP contribution in [0.3, 0.4) is 0 Å². The van der Waals surface area contributed by atoms with Crippen molar-refractivity contribution in [1.82, 2.24) is 20.1 Å². The van der Waals surface area contributed by atoms with Gasteiger partial charge in [-0.2, -0.15) is 0 Å². The van der Waals surface area contributed by atoms with Crippen molar-refractivity contribution in [2.75, 3.05) is 85.9 Å². The summed E-state index contributed by atoms with van der Waals surface area (Å²) in [5.74, 6) is 1.53. The summed E-state index contributed by atoms with van der Waals surface area (Å²) in [6.45, 7) is 23.9. The molecule has 14 nitrogen and oxygen atoms in total. The number of carbonyl (C=O) groups is 4. The SMILES string of the molecule is C/C=C1/CCN(c2cnc3c(c2C)NCCO3)C/C1=N/C(=C/CC)Nc1ccc(CC(=O)N2CCN(C3CN(c4ccc(CCCC5CCC(=O)NC5=O)c(C)c4)C3)CC2)cc1.CC.CC(C)=O. The van der Waals surface area contributed by atoms with Crippen LogP contribution < -0.4 is 30.5 Å². The molecule has 1 aromatic heterocycles. The number of nitrogens with zero attached hydrogens (tertiary/aromatic N) is 6. The quantitative estimate of drug-likeness (QED) is 0.143. The molecule has 0 saturated carbocycles. The standard InChI is InChI=1S/C49H63N9O4.C3H6O.C2H6/c1-5-8-44(53-42-32-57(21-19-36(42)6-2)43-29-51-49-47(34(43)4)50-20-26-62-49)52-39-15-11-35(12-16-39)28-46(60)56-24-22-55(23-25-56)41-30-58(31-41)40-17-13-37(33(3)27-40)9-7-10-38-14-18-45(59)54-48(38)61;1-3(2)4;1-2/h6,8,11-13,15-17,27,29,38,41,50,52H,5,7,9-10,14,18-26,28,30-32H2,1-4H3,(H,54,59,61);1-2H3;1-2H3/b36-6-,44-8+,53-42-;;. The fraction of sp³-hybridized carbons (Fsp3) is 0.519. The summed E-state index contributed by atoms with van der Waals surface area (Å²) in [5.41, 5.74) is 11.4. The van der Waals surface area contributed by atoms with Crippen molar-refractivity contribution in [3.63, 3.8) is 0 Å². The van der Waals surface area contributed by atoms with Gasteiger partial charge in [-0.25, -0.2) is 9.98 Å². The average Bonchev–Trinajstić information content (AvgIpc) is 3.31. The van der Waals surface area contributed by atoms with E-state index in [-0.39, 0.29) is 29.4 Å². The lowest BCUT2D eigenvalue weighted by molar-refractivity contribution is -0.136. The molecule has 1 unspecified atom stereocenters. The number of aliphatic imine (C=N–C) groups is 1. The Kier molecular flexibility index (Phi) is 18.8. The number of ketones is 1. The van der Waals surface area contributed by atoms with Gasteiger partial charge in [0, 0.05) is 87.7 Å². The molecule has 2 aromatic carbocycles. The third-order valence-electron chi connectivity index (χ3n) is 13.3. The Hall–Kier alpha value is -6.02. The van der Waals surface area contributed by atoms with Crippen LogP contribution in [0.5, 0.6) is 5.88 Å². The van der Waals surface area contributed by atoms with E-state index in [0.29, 0.717) is 44.3 Å². The van der Waals surface area contributed by atoms with E-state index in [2.05, 4.69) is 106 Å². The lowest BCUT2D eigenvalue weighted by Crippen LogP contribution is -2.63. The van der Waals surface area contributed by atoms with Crippen molar-refractivity contribution in [3.8, 4) is 5.88 Å². The number of carbonyl (C=O) groups excluding carboxylic acids is 4. The highest BCUT2D eigenvalue weighted by atomic mass is 16.5. The van der Waals surface area contributed by atoms with E-state index >= 15 is 0 Å². The van der Waals surface area contributed by atoms with E-state index in [1.54, 1.807) is 0 Å². The normalized spacial score (nSPS) is 19.9. The van der Waals surface area contributed by atoms with Crippen LogP contribution in [0.1, 0.15) is 102 Å². The van der Waals surface area contributed by atoms with Crippen molar-refractivity contribution in [2.24, 2.45) is 10.9 Å². The molecule has 0 aliphatic carbocycles. The number of piperidine rings is 2. The van der Waals surface area contributed by atoms with Crippen molar-refractivity contribution < 1.29 is 23.9 Å². The Morgan fingerprint density at radius 3 is 2.38 bits per heavy atom. The predicted molar refractivity (Wildman–Crippen MR) is 275 cm³/mol. The van der Waals surface area contributed by atoms with Crippen LogP contribution in [0.15, 0.2) is 77.2 Å². The predicted octanol–water partition coefficient (Wildman–Crippen LogP) is 8.04. The lowest BCUT2D eigenvalue weighted by Gasteiger charge is -2.49. The zero-order valence-corrected chi connectivity index (χ0v) is 41.9. The highest BCUT2D eigenvalue weighted by molar-refractivity contribution is 6.05. The molecule has 5 aliphatic heterocycles. The molecule has 0 radical (unpaired) electrons. The Morgan fingerprint density at radius 2 is 1.71 bits per heavy atom. The van der Waals surface area contributed by atoms with Gasteiger partial charge in [0.2, 0.25) is 23.6 Å². The topological polar surface area (TPSA) is 152 Å². The Balaban J connectivity index is 0.00000121. The number of anilines is 4. The lowest BCUT2D eigenvalue weighted by atomic mass is 9.91. The number of amides is 3. The Morgan fingerprint density at radius 1 is 0.971 bits per heavy atom. The van der Waals surface area contributed by atoms with Crippen molar-refractivity contribution in [2.45, 2.75) is 113 Å². The van der Waals surface area contributed by atoms with Gasteiger partial charge in [0.15, 0.2) is 0 Å². The smallest absolute Gasteiger partial charge is 0.237 e. The van der Waals surface area contributed by atoms with Crippen LogP contribution in [0, 0.1) is 19.8 Å². The summed E-state index contributed by atoms with van der Waals surface area (Å²) in [6, 6.07) is 15.5. The van der Waals surface area contributed by atoms with Crippen LogP contribution in [-0.2, 0) is 32.0 Å². The summed E-state index contributed by atoms with van der Waals surface area (Å²) >= 11 is 0. The fourth-order valence-corrected chi connectivity index (χ4v) is 9.46. The molecule has 4 saturated heterocycles. The third kappa shape index (κ3) is 13.6. The maximum Gasteiger partial charge on any atom is 0.237 e. The minimum atomic E-state index is -0.149. The van der Waals surface area contributed by atoms with Gasteiger partial charge in [-0.15, -0.1) is 0 Å². The third-order valence-corrected chi connectivity index (χ3v) is 13.3. The van der Waals surface area contributed by atoms with Crippen molar-refractivity contribution in [3.05, 3.63) is 94.5 Å². The number of piperazine rings is 1. The number of benzene rings is 2. The number of nitrogens with one attached hydrogen (secondary N) is 3. The molecule has 5 aliphatic rings. The van der Waals surface area contributed by atoms with Gasteiger partial charge in [-0.1, -0.05) is 45.0 Å². The number of hydrogen-bond acceptors (Lipinski definition) is 12. The monoisotopic (exact) mass is 930 g/mol. The molecule has 0 bridgehead atoms.